The third-order valence-corrected chi connectivity index (χ3v) is 5.78. The van der Waals surface area contributed by atoms with Crippen LogP contribution in [0.3, 0.4) is 0 Å². The summed E-state index contributed by atoms with van der Waals surface area (Å²) in [5, 5.41) is 9.73. The molecule has 39 heavy (non-hydrogen) atoms. The van der Waals surface area contributed by atoms with Gasteiger partial charge in [-0.25, -0.2) is 0 Å². The second-order valence-electron chi connectivity index (χ2n) is 8.17. The largest absolute Gasteiger partial charge is 0.502 e. The second-order valence-corrected chi connectivity index (χ2v) is 8.17. The molecule has 0 bridgehead atoms. The lowest BCUT2D eigenvalue weighted by Crippen LogP contribution is -2.00. The Bertz CT molecular complexity index is 1390. The highest BCUT2D eigenvalue weighted by atomic mass is 16.5. The van der Waals surface area contributed by atoms with Gasteiger partial charge in [0.1, 0.15) is 18.1 Å². The maximum absolute atomic E-state index is 9.73. The van der Waals surface area contributed by atoms with Crippen LogP contribution in [0.25, 0.3) is 22.6 Å². The Labute approximate surface area is 226 Å². The Hall–Kier alpha value is -4.98. The van der Waals surface area contributed by atoms with Gasteiger partial charge in [-0.15, -0.1) is 0 Å². The van der Waals surface area contributed by atoms with Crippen LogP contribution in [-0.4, -0.2) is 33.5 Å². The fourth-order valence-electron chi connectivity index (χ4n) is 3.82. The molecule has 8 nitrogen and oxygen atoms in total. The summed E-state index contributed by atoms with van der Waals surface area (Å²) in [6.07, 6.45) is 3.22. The standard InChI is InChI=1S/C19H18O4.C12H12O4/c1-20-17-11-15(16-9-6-10-22-16)12-18(21-2)19(17)23-13-14-7-4-3-5-8-14;1-14-10-6-8(9-4-3-5-16-9)7-11(15-2)12(10)13/h3-12H,13H2,1-2H3;3-7,13H,1-2H3. The molecule has 8 heteroatoms. The van der Waals surface area contributed by atoms with E-state index in [9.17, 15) is 5.11 Å². The lowest BCUT2D eigenvalue weighted by atomic mass is 10.1. The van der Waals surface area contributed by atoms with Crippen molar-refractivity contribution in [3.8, 4) is 57.1 Å². The molecule has 0 saturated carbocycles. The van der Waals surface area contributed by atoms with Gasteiger partial charge in [0.15, 0.2) is 23.0 Å². The van der Waals surface area contributed by atoms with Crippen molar-refractivity contribution in [2.75, 3.05) is 28.4 Å². The zero-order valence-corrected chi connectivity index (χ0v) is 22.2. The monoisotopic (exact) mass is 530 g/mol. The fourth-order valence-corrected chi connectivity index (χ4v) is 3.82. The molecule has 0 fully saturated rings. The van der Waals surface area contributed by atoms with E-state index in [1.54, 1.807) is 44.9 Å². The molecule has 0 aliphatic carbocycles. The van der Waals surface area contributed by atoms with Crippen molar-refractivity contribution in [3.05, 3.63) is 97.0 Å². The van der Waals surface area contributed by atoms with Crippen LogP contribution < -0.4 is 23.7 Å². The summed E-state index contributed by atoms with van der Waals surface area (Å²) in [6.45, 7) is 0.438. The highest BCUT2D eigenvalue weighted by Crippen LogP contribution is 2.42. The van der Waals surface area contributed by atoms with Crippen LogP contribution in [0.5, 0.6) is 34.5 Å². The van der Waals surface area contributed by atoms with Crippen LogP contribution in [0.15, 0.2) is 100 Å². The van der Waals surface area contributed by atoms with E-state index >= 15 is 0 Å². The van der Waals surface area contributed by atoms with Gasteiger partial charge in [0.25, 0.3) is 0 Å². The first-order valence-corrected chi connectivity index (χ1v) is 12.0. The van der Waals surface area contributed by atoms with E-state index in [4.69, 9.17) is 32.5 Å². The smallest absolute Gasteiger partial charge is 0.203 e. The Balaban J connectivity index is 0.000000193. The van der Waals surface area contributed by atoms with E-state index in [1.807, 2.05) is 60.7 Å². The maximum atomic E-state index is 9.73. The zero-order chi connectivity index (χ0) is 27.6. The summed E-state index contributed by atoms with van der Waals surface area (Å²) < 4.78 is 37.7. The first kappa shape index (κ1) is 27.1. The number of ether oxygens (including phenoxy) is 5. The normalized spacial score (nSPS) is 10.3. The average Bonchev–Trinajstić information content (AvgIpc) is 3.72. The minimum absolute atomic E-state index is 0.0136. The molecule has 1 N–H and O–H groups in total. The first-order chi connectivity index (χ1) is 19.1. The van der Waals surface area contributed by atoms with Crippen molar-refractivity contribution in [1.82, 2.24) is 0 Å². The number of hydrogen-bond donors (Lipinski definition) is 1. The minimum atomic E-state index is -0.0136. The lowest BCUT2D eigenvalue weighted by molar-refractivity contribution is 0.266. The molecule has 5 rings (SSSR count). The van der Waals surface area contributed by atoms with E-state index in [-0.39, 0.29) is 5.75 Å². The number of furan rings is 2. The van der Waals surface area contributed by atoms with Crippen molar-refractivity contribution in [1.29, 1.82) is 0 Å². The van der Waals surface area contributed by atoms with E-state index in [1.165, 1.54) is 14.2 Å². The highest BCUT2D eigenvalue weighted by Gasteiger charge is 2.16. The molecule has 0 aliphatic heterocycles. The number of phenolic OH excluding ortho intramolecular Hbond substituents is 1. The third kappa shape index (κ3) is 6.48. The summed E-state index contributed by atoms with van der Waals surface area (Å²) in [6, 6.07) is 24.4. The van der Waals surface area contributed by atoms with Crippen molar-refractivity contribution >= 4 is 0 Å². The van der Waals surface area contributed by atoms with Crippen molar-refractivity contribution < 1.29 is 37.6 Å². The predicted molar refractivity (Wildman–Crippen MR) is 147 cm³/mol. The summed E-state index contributed by atoms with van der Waals surface area (Å²) in [7, 11) is 6.19. The average molecular weight is 531 g/mol. The van der Waals surface area contributed by atoms with Gasteiger partial charge in [-0.3, -0.25) is 0 Å². The third-order valence-electron chi connectivity index (χ3n) is 5.78. The molecular formula is C31H30O8. The second kappa shape index (κ2) is 13.0. The maximum Gasteiger partial charge on any atom is 0.203 e. The van der Waals surface area contributed by atoms with Crippen LogP contribution >= 0.6 is 0 Å². The minimum Gasteiger partial charge on any atom is -0.502 e. The molecule has 0 amide bonds. The summed E-state index contributed by atoms with van der Waals surface area (Å²) >= 11 is 0. The molecule has 0 atom stereocenters. The zero-order valence-electron chi connectivity index (χ0n) is 22.2. The molecule has 0 aliphatic rings. The molecule has 5 aromatic rings. The molecule has 0 spiro atoms. The number of rotatable bonds is 9. The van der Waals surface area contributed by atoms with Gasteiger partial charge in [-0.2, -0.15) is 0 Å². The van der Waals surface area contributed by atoms with Crippen LogP contribution in [0, 0.1) is 0 Å². The van der Waals surface area contributed by atoms with Gasteiger partial charge in [0.05, 0.1) is 41.0 Å². The molecular weight excluding hydrogens is 500 g/mol. The number of benzene rings is 3. The van der Waals surface area contributed by atoms with E-state index in [2.05, 4.69) is 0 Å². The lowest BCUT2D eigenvalue weighted by Gasteiger charge is -2.15. The van der Waals surface area contributed by atoms with Crippen LogP contribution in [0.1, 0.15) is 5.56 Å². The quantitative estimate of drug-likeness (QED) is 0.214. The Morgan fingerprint density at radius 3 is 1.46 bits per heavy atom. The van der Waals surface area contributed by atoms with E-state index in [0.717, 1.165) is 22.5 Å². The van der Waals surface area contributed by atoms with Gasteiger partial charge in [0, 0.05) is 11.1 Å². The van der Waals surface area contributed by atoms with Gasteiger partial charge >= 0.3 is 0 Å². The number of phenols is 1. The van der Waals surface area contributed by atoms with Crippen LogP contribution in [0.2, 0.25) is 0 Å². The molecule has 202 valence electrons. The first-order valence-electron chi connectivity index (χ1n) is 12.0. The van der Waals surface area contributed by atoms with Crippen LogP contribution in [-0.2, 0) is 6.61 Å². The van der Waals surface area contributed by atoms with Crippen molar-refractivity contribution in [2.45, 2.75) is 6.61 Å². The van der Waals surface area contributed by atoms with Gasteiger partial charge in [-0.05, 0) is 54.1 Å². The molecule has 2 heterocycles. The number of hydrogen-bond acceptors (Lipinski definition) is 8. The highest BCUT2D eigenvalue weighted by molar-refractivity contribution is 5.68. The summed E-state index contributed by atoms with van der Waals surface area (Å²) in [5.41, 5.74) is 2.74. The van der Waals surface area contributed by atoms with Gasteiger partial charge < -0.3 is 37.6 Å². The van der Waals surface area contributed by atoms with Crippen molar-refractivity contribution in [2.24, 2.45) is 0 Å². The molecule has 0 unspecified atom stereocenters. The topological polar surface area (TPSA) is 92.7 Å². The number of aromatic hydroxyl groups is 1. The summed E-state index contributed by atoms with van der Waals surface area (Å²) in [4.78, 5) is 0. The molecule has 3 aromatic carbocycles. The van der Waals surface area contributed by atoms with Crippen LogP contribution in [0.4, 0.5) is 0 Å². The fraction of sp³-hybridized carbons (Fsp3) is 0.161. The van der Waals surface area contributed by atoms with E-state index in [0.29, 0.717) is 41.1 Å². The summed E-state index contributed by atoms with van der Waals surface area (Å²) in [5.74, 6) is 3.91. The Kier molecular flexibility index (Phi) is 9.03. The predicted octanol–water partition coefficient (Wildman–Crippen LogP) is 7.21. The van der Waals surface area contributed by atoms with Crippen molar-refractivity contribution in [3.63, 3.8) is 0 Å². The Morgan fingerprint density at radius 1 is 0.590 bits per heavy atom. The van der Waals surface area contributed by atoms with Gasteiger partial charge in [0.2, 0.25) is 11.5 Å². The SMILES string of the molecule is COc1cc(-c2ccco2)cc(OC)c1O.COc1cc(-c2ccco2)cc(OC)c1OCc1ccccc1. The molecule has 2 aromatic heterocycles. The molecule has 0 saturated heterocycles. The van der Waals surface area contributed by atoms with E-state index < -0.39 is 0 Å². The molecule has 0 radical (unpaired) electrons. The Morgan fingerprint density at radius 2 is 1.05 bits per heavy atom. The number of methoxy groups -OCH3 is 4. The van der Waals surface area contributed by atoms with Gasteiger partial charge in [-0.1, -0.05) is 30.3 Å².